The zero-order chi connectivity index (χ0) is 29.2. The maximum absolute atomic E-state index is 14.4. The van der Waals surface area contributed by atoms with Gasteiger partial charge in [-0.1, -0.05) is 59.9 Å². The van der Waals surface area contributed by atoms with Crippen molar-refractivity contribution >= 4 is 16.6 Å². The number of pyridine rings is 1. The van der Waals surface area contributed by atoms with Gasteiger partial charge in [-0.3, -0.25) is 0 Å². The summed E-state index contributed by atoms with van der Waals surface area (Å²) < 4.78 is 22.9. The number of aromatic nitrogens is 3. The molecule has 0 N–H and O–H groups in total. The standard InChI is InChI=1S/C35H31FN6O/c1-24(41-17-16-37-23-41)31-21-29(36)12-15-34(31)43-35-28(18-25-8-4-2-5-9-25)19-27-20-30(13-14-32(27)38-35)42-22-33(39-40-42)26-10-6-3-7-11-26/h2-10,12-17,19-21,23-24,26,33H,11,18,22H2,1H3/t24?,26-,33+/m1/s1. The molecule has 43 heavy (non-hydrogen) atoms. The van der Waals surface area contributed by atoms with Crippen LogP contribution in [0.5, 0.6) is 11.6 Å². The molecule has 214 valence electrons. The van der Waals surface area contributed by atoms with Crippen LogP contribution < -0.4 is 9.75 Å². The number of anilines is 1. The molecule has 2 aromatic heterocycles. The molecule has 2 aliphatic rings. The lowest BCUT2D eigenvalue weighted by molar-refractivity contribution is 0.443. The van der Waals surface area contributed by atoms with Crippen LogP contribution in [0.25, 0.3) is 10.9 Å². The number of nitrogens with zero attached hydrogens (tertiary/aromatic N) is 6. The van der Waals surface area contributed by atoms with E-state index in [2.05, 4.69) is 63.9 Å². The molecule has 1 aliphatic heterocycles. The van der Waals surface area contributed by atoms with E-state index in [0.717, 1.165) is 40.7 Å². The highest BCUT2D eigenvalue weighted by Gasteiger charge is 2.27. The largest absolute Gasteiger partial charge is 0.438 e. The molecule has 0 radical (unpaired) electrons. The molecule has 0 amide bonds. The molecule has 3 aromatic carbocycles. The predicted molar refractivity (Wildman–Crippen MR) is 166 cm³/mol. The summed E-state index contributed by atoms with van der Waals surface area (Å²) in [5.41, 5.74) is 4.56. The third kappa shape index (κ3) is 5.68. The Bertz CT molecular complexity index is 1830. The lowest BCUT2D eigenvalue weighted by Gasteiger charge is -2.20. The van der Waals surface area contributed by atoms with Crippen LogP contribution in [-0.2, 0) is 6.42 Å². The molecule has 5 aromatic rings. The van der Waals surface area contributed by atoms with E-state index in [1.807, 2.05) is 53.0 Å². The predicted octanol–water partition coefficient (Wildman–Crippen LogP) is 8.25. The first-order valence-electron chi connectivity index (χ1n) is 14.5. The number of hydrogen-bond acceptors (Lipinski definition) is 6. The Labute approximate surface area is 249 Å². The summed E-state index contributed by atoms with van der Waals surface area (Å²) >= 11 is 0. The van der Waals surface area contributed by atoms with Crippen molar-refractivity contribution in [3.8, 4) is 11.6 Å². The lowest BCUT2D eigenvalue weighted by Crippen LogP contribution is -2.26. The lowest BCUT2D eigenvalue weighted by atomic mass is 9.93. The average molecular weight is 571 g/mol. The van der Waals surface area contributed by atoms with Crippen molar-refractivity contribution in [3.63, 3.8) is 0 Å². The van der Waals surface area contributed by atoms with Gasteiger partial charge in [0.05, 0.1) is 36.2 Å². The molecule has 0 bridgehead atoms. The highest BCUT2D eigenvalue weighted by Crippen LogP contribution is 2.36. The van der Waals surface area contributed by atoms with Crippen LogP contribution in [0.3, 0.4) is 0 Å². The van der Waals surface area contributed by atoms with Gasteiger partial charge in [-0.15, -0.1) is 0 Å². The maximum Gasteiger partial charge on any atom is 0.223 e. The fourth-order valence-electron chi connectivity index (χ4n) is 5.73. The van der Waals surface area contributed by atoms with E-state index < -0.39 is 0 Å². The molecule has 3 atom stereocenters. The average Bonchev–Trinajstić information content (AvgIpc) is 3.76. The molecule has 0 fully saturated rings. The molecule has 0 saturated heterocycles. The van der Waals surface area contributed by atoms with E-state index in [1.54, 1.807) is 18.6 Å². The second kappa shape index (κ2) is 11.6. The van der Waals surface area contributed by atoms with Gasteiger partial charge >= 0.3 is 0 Å². The molecule has 1 unspecified atom stereocenters. The van der Waals surface area contributed by atoms with Gasteiger partial charge in [-0.25, -0.2) is 19.4 Å². The summed E-state index contributed by atoms with van der Waals surface area (Å²) in [6, 6.07) is 23.1. The monoisotopic (exact) mass is 570 g/mol. The van der Waals surface area contributed by atoms with Gasteiger partial charge in [-0.2, -0.15) is 5.11 Å². The Morgan fingerprint density at radius 2 is 1.93 bits per heavy atom. The maximum atomic E-state index is 14.4. The minimum absolute atomic E-state index is 0.133. The molecule has 0 spiro atoms. The number of allylic oxidation sites excluding steroid dienone is 3. The molecule has 1 aliphatic carbocycles. The minimum Gasteiger partial charge on any atom is -0.438 e. The third-order valence-corrected chi connectivity index (χ3v) is 8.15. The molecule has 3 heterocycles. The zero-order valence-corrected chi connectivity index (χ0v) is 23.8. The quantitative estimate of drug-likeness (QED) is 0.188. The number of hydrogen-bond donors (Lipinski definition) is 0. The van der Waals surface area contributed by atoms with Crippen LogP contribution >= 0.6 is 0 Å². The summed E-state index contributed by atoms with van der Waals surface area (Å²) in [6.07, 6.45) is 15.5. The first kappa shape index (κ1) is 26.8. The molecular formula is C35H31FN6O. The number of imidazole rings is 1. The molecular weight excluding hydrogens is 539 g/mol. The summed E-state index contributed by atoms with van der Waals surface area (Å²) in [6.45, 7) is 2.73. The first-order valence-corrected chi connectivity index (χ1v) is 14.5. The van der Waals surface area contributed by atoms with Crippen molar-refractivity contribution < 1.29 is 9.13 Å². The van der Waals surface area contributed by atoms with Gasteiger partial charge < -0.3 is 9.30 Å². The van der Waals surface area contributed by atoms with Crippen molar-refractivity contribution in [1.29, 1.82) is 0 Å². The van der Waals surface area contributed by atoms with Gasteiger partial charge in [0, 0.05) is 41.2 Å². The van der Waals surface area contributed by atoms with Gasteiger partial charge in [0.2, 0.25) is 5.88 Å². The summed E-state index contributed by atoms with van der Waals surface area (Å²) in [7, 11) is 0. The van der Waals surface area contributed by atoms with Crippen LogP contribution in [-0.4, -0.2) is 27.1 Å². The number of rotatable bonds is 8. The summed E-state index contributed by atoms with van der Waals surface area (Å²) in [5.74, 6) is 1.09. The van der Waals surface area contributed by atoms with Gasteiger partial charge in [0.1, 0.15) is 11.6 Å². The van der Waals surface area contributed by atoms with Crippen LogP contribution in [0, 0.1) is 11.7 Å². The van der Waals surface area contributed by atoms with Crippen molar-refractivity contribution in [2.75, 3.05) is 11.6 Å². The molecule has 0 saturated carbocycles. The van der Waals surface area contributed by atoms with Gasteiger partial charge in [0.15, 0.2) is 0 Å². The highest BCUT2D eigenvalue weighted by atomic mass is 19.1. The van der Waals surface area contributed by atoms with Crippen molar-refractivity contribution in [3.05, 3.63) is 138 Å². The Kier molecular flexibility index (Phi) is 7.25. The second-order valence-electron chi connectivity index (χ2n) is 11.0. The van der Waals surface area contributed by atoms with E-state index >= 15 is 0 Å². The smallest absolute Gasteiger partial charge is 0.223 e. The summed E-state index contributed by atoms with van der Waals surface area (Å²) in [4.78, 5) is 9.14. The number of ether oxygens (including phenoxy) is 1. The van der Waals surface area contributed by atoms with Crippen LogP contribution in [0.4, 0.5) is 10.1 Å². The van der Waals surface area contributed by atoms with E-state index in [1.165, 1.54) is 12.1 Å². The number of benzene rings is 3. The first-order chi connectivity index (χ1) is 21.1. The third-order valence-electron chi connectivity index (χ3n) is 8.15. The topological polar surface area (TPSA) is 67.9 Å². The minimum atomic E-state index is -0.324. The molecule has 7 nitrogen and oxygen atoms in total. The van der Waals surface area contributed by atoms with Crippen LogP contribution in [0.2, 0.25) is 0 Å². The highest BCUT2D eigenvalue weighted by molar-refractivity contribution is 5.84. The van der Waals surface area contributed by atoms with E-state index in [0.29, 0.717) is 29.5 Å². The van der Waals surface area contributed by atoms with E-state index in [-0.39, 0.29) is 17.9 Å². The van der Waals surface area contributed by atoms with Crippen molar-refractivity contribution in [2.24, 2.45) is 16.3 Å². The Morgan fingerprint density at radius 1 is 1.02 bits per heavy atom. The molecule has 7 rings (SSSR count). The Morgan fingerprint density at radius 3 is 2.74 bits per heavy atom. The Hall–Kier alpha value is -5.11. The second-order valence-corrected chi connectivity index (χ2v) is 11.0. The fraction of sp³-hybridized carbons (Fsp3) is 0.200. The fourth-order valence-corrected chi connectivity index (χ4v) is 5.73. The van der Waals surface area contributed by atoms with Gasteiger partial charge in [-0.05, 0) is 61.4 Å². The van der Waals surface area contributed by atoms with E-state index in [4.69, 9.17) is 9.72 Å². The SMILES string of the molecule is CC(c1cc(F)ccc1Oc1nc2ccc(N3C[C@@H]([C@@H]4C=CC=CC4)N=N3)cc2cc1Cc1ccccc1)n1ccnc1. The van der Waals surface area contributed by atoms with Crippen molar-refractivity contribution in [2.45, 2.75) is 31.8 Å². The zero-order valence-electron chi connectivity index (χ0n) is 23.8. The van der Waals surface area contributed by atoms with E-state index in [9.17, 15) is 4.39 Å². The van der Waals surface area contributed by atoms with Crippen LogP contribution in [0.15, 0.2) is 126 Å². The van der Waals surface area contributed by atoms with Crippen molar-refractivity contribution in [1.82, 2.24) is 14.5 Å². The number of halogens is 1. The Balaban J connectivity index is 1.23. The molecule has 8 heteroatoms. The summed E-state index contributed by atoms with van der Waals surface area (Å²) in [5, 5.41) is 12.0. The van der Waals surface area contributed by atoms with Crippen LogP contribution in [0.1, 0.15) is 36.1 Å². The normalized spacial score (nSPS) is 18.4. The van der Waals surface area contributed by atoms with Gasteiger partial charge in [0.25, 0.3) is 0 Å². The number of fused-ring (bicyclic) bond motifs is 1.